The standard InChI is InChI=1S/C17H20N2O4/c1-11(16(21)23-4)9-13-5-7-14(8-6-13)19-15(20)10-12(2)18(3)17(19)22/h5-8,10-11H,9H2,1-4H3/t11-/m0/s1. The van der Waals surface area contributed by atoms with Crippen LogP contribution in [0.3, 0.4) is 0 Å². The zero-order valence-corrected chi connectivity index (χ0v) is 13.7. The molecule has 0 N–H and O–H groups in total. The third-order valence-corrected chi connectivity index (χ3v) is 3.90. The summed E-state index contributed by atoms with van der Waals surface area (Å²) in [5.41, 5.74) is 1.31. The normalized spacial score (nSPS) is 12.0. The molecular formula is C17H20N2O4. The lowest BCUT2D eigenvalue weighted by Gasteiger charge is -2.11. The molecule has 1 aromatic heterocycles. The number of hydrogen-bond acceptors (Lipinski definition) is 4. The highest BCUT2D eigenvalue weighted by Crippen LogP contribution is 2.12. The fourth-order valence-electron chi connectivity index (χ4n) is 2.39. The lowest BCUT2D eigenvalue weighted by Crippen LogP contribution is -2.38. The van der Waals surface area contributed by atoms with E-state index in [1.807, 2.05) is 0 Å². The second kappa shape index (κ2) is 6.64. The summed E-state index contributed by atoms with van der Waals surface area (Å²) in [6.45, 7) is 3.50. The minimum Gasteiger partial charge on any atom is -0.469 e. The van der Waals surface area contributed by atoms with E-state index in [1.165, 1.54) is 17.7 Å². The van der Waals surface area contributed by atoms with Crippen LogP contribution in [0.25, 0.3) is 5.69 Å². The first-order valence-corrected chi connectivity index (χ1v) is 7.32. The van der Waals surface area contributed by atoms with Crippen LogP contribution in [0.4, 0.5) is 0 Å². The van der Waals surface area contributed by atoms with E-state index >= 15 is 0 Å². The third-order valence-electron chi connectivity index (χ3n) is 3.90. The Morgan fingerprint density at radius 3 is 2.39 bits per heavy atom. The summed E-state index contributed by atoms with van der Waals surface area (Å²) in [7, 11) is 2.99. The number of carbonyl (C=O) groups excluding carboxylic acids is 1. The molecule has 1 aromatic carbocycles. The Morgan fingerprint density at radius 2 is 1.83 bits per heavy atom. The van der Waals surface area contributed by atoms with Crippen molar-refractivity contribution in [2.45, 2.75) is 20.3 Å². The van der Waals surface area contributed by atoms with Crippen molar-refractivity contribution in [2.24, 2.45) is 13.0 Å². The van der Waals surface area contributed by atoms with Gasteiger partial charge in [0.2, 0.25) is 0 Å². The van der Waals surface area contributed by atoms with Crippen molar-refractivity contribution in [1.82, 2.24) is 9.13 Å². The fraction of sp³-hybridized carbons (Fsp3) is 0.353. The van der Waals surface area contributed by atoms with Crippen LogP contribution in [0.5, 0.6) is 0 Å². The Hall–Kier alpha value is -2.63. The molecule has 0 radical (unpaired) electrons. The van der Waals surface area contributed by atoms with Gasteiger partial charge in [0.25, 0.3) is 5.56 Å². The SMILES string of the molecule is COC(=O)[C@@H](C)Cc1ccc(-n2c(=O)cc(C)n(C)c2=O)cc1. The molecule has 0 aliphatic rings. The molecule has 0 saturated carbocycles. The highest BCUT2D eigenvalue weighted by atomic mass is 16.5. The van der Waals surface area contributed by atoms with Gasteiger partial charge in [0, 0.05) is 18.8 Å². The second-order valence-electron chi connectivity index (χ2n) is 5.60. The Kier molecular flexibility index (Phi) is 4.83. The monoisotopic (exact) mass is 316 g/mol. The van der Waals surface area contributed by atoms with E-state index in [9.17, 15) is 14.4 Å². The highest BCUT2D eigenvalue weighted by Gasteiger charge is 2.14. The van der Waals surface area contributed by atoms with Crippen LogP contribution in [0, 0.1) is 12.8 Å². The quantitative estimate of drug-likeness (QED) is 0.795. The maximum absolute atomic E-state index is 12.3. The summed E-state index contributed by atoms with van der Waals surface area (Å²) in [6.07, 6.45) is 0.535. The highest BCUT2D eigenvalue weighted by molar-refractivity contribution is 5.72. The fourth-order valence-corrected chi connectivity index (χ4v) is 2.39. The number of nitrogens with zero attached hydrogens (tertiary/aromatic N) is 2. The van der Waals surface area contributed by atoms with Gasteiger partial charge in [-0.3, -0.25) is 9.59 Å². The Balaban J connectivity index is 2.35. The van der Waals surface area contributed by atoms with Gasteiger partial charge in [0.1, 0.15) is 0 Å². The molecule has 6 nitrogen and oxygen atoms in total. The summed E-state index contributed by atoms with van der Waals surface area (Å²) in [5.74, 6) is -0.515. The Bertz CT molecular complexity index is 831. The molecule has 2 aromatic rings. The van der Waals surface area contributed by atoms with Crippen molar-refractivity contribution in [2.75, 3.05) is 7.11 Å². The van der Waals surface area contributed by atoms with E-state index in [4.69, 9.17) is 4.74 Å². The molecule has 0 aliphatic heterocycles. The molecule has 23 heavy (non-hydrogen) atoms. The zero-order chi connectivity index (χ0) is 17.1. The first-order chi connectivity index (χ1) is 10.8. The number of aromatic nitrogens is 2. The van der Waals surface area contributed by atoms with Gasteiger partial charge in [-0.1, -0.05) is 19.1 Å². The Labute approximate surface area is 134 Å². The van der Waals surface area contributed by atoms with Crippen molar-refractivity contribution in [3.8, 4) is 5.69 Å². The van der Waals surface area contributed by atoms with Crippen LogP contribution in [-0.4, -0.2) is 22.2 Å². The van der Waals surface area contributed by atoms with Crippen LogP contribution in [0.2, 0.25) is 0 Å². The lowest BCUT2D eigenvalue weighted by molar-refractivity contribution is -0.144. The predicted molar refractivity (Wildman–Crippen MR) is 86.9 cm³/mol. The maximum atomic E-state index is 12.3. The smallest absolute Gasteiger partial charge is 0.335 e. The number of carbonyl (C=O) groups is 1. The molecular weight excluding hydrogens is 296 g/mol. The van der Waals surface area contributed by atoms with E-state index in [2.05, 4.69) is 0 Å². The second-order valence-corrected chi connectivity index (χ2v) is 5.60. The lowest BCUT2D eigenvalue weighted by atomic mass is 10.0. The van der Waals surface area contributed by atoms with Crippen LogP contribution in [0.15, 0.2) is 39.9 Å². The van der Waals surface area contributed by atoms with Gasteiger partial charge >= 0.3 is 11.7 Å². The summed E-state index contributed by atoms with van der Waals surface area (Å²) in [6, 6.07) is 8.45. The average molecular weight is 316 g/mol. The number of benzene rings is 1. The molecule has 2 rings (SSSR count). The number of ether oxygens (including phenoxy) is 1. The topological polar surface area (TPSA) is 70.3 Å². The minimum atomic E-state index is -0.384. The van der Waals surface area contributed by atoms with Gasteiger partial charge in [-0.25, -0.2) is 9.36 Å². The summed E-state index contributed by atoms with van der Waals surface area (Å²) < 4.78 is 7.26. The molecule has 0 aliphatic carbocycles. The van der Waals surface area contributed by atoms with Crippen molar-refractivity contribution in [1.29, 1.82) is 0 Å². The summed E-state index contributed by atoms with van der Waals surface area (Å²) in [4.78, 5) is 35.8. The largest absolute Gasteiger partial charge is 0.469 e. The van der Waals surface area contributed by atoms with E-state index in [-0.39, 0.29) is 23.1 Å². The summed E-state index contributed by atoms with van der Waals surface area (Å²) >= 11 is 0. The maximum Gasteiger partial charge on any atom is 0.335 e. The van der Waals surface area contributed by atoms with E-state index in [1.54, 1.807) is 45.2 Å². The van der Waals surface area contributed by atoms with Gasteiger partial charge in [-0.05, 0) is 31.0 Å². The molecule has 0 saturated heterocycles. The molecule has 0 amide bonds. The molecule has 0 unspecified atom stereocenters. The van der Waals surface area contributed by atoms with Crippen LogP contribution in [-0.2, 0) is 23.0 Å². The van der Waals surface area contributed by atoms with Gasteiger partial charge in [-0.2, -0.15) is 0 Å². The summed E-state index contributed by atoms with van der Waals surface area (Å²) in [5, 5.41) is 0. The zero-order valence-electron chi connectivity index (χ0n) is 13.7. The van der Waals surface area contributed by atoms with Crippen LogP contribution in [0.1, 0.15) is 18.2 Å². The number of rotatable bonds is 4. The molecule has 0 fully saturated rings. The number of esters is 1. The van der Waals surface area contributed by atoms with Crippen molar-refractivity contribution < 1.29 is 9.53 Å². The van der Waals surface area contributed by atoms with E-state index in [0.717, 1.165) is 10.1 Å². The van der Waals surface area contributed by atoms with E-state index in [0.29, 0.717) is 17.8 Å². The Morgan fingerprint density at radius 1 is 1.22 bits per heavy atom. The first kappa shape index (κ1) is 16.7. The number of hydrogen-bond donors (Lipinski definition) is 0. The molecule has 6 heteroatoms. The van der Waals surface area contributed by atoms with Crippen LogP contribution >= 0.6 is 0 Å². The van der Waals surface area contributed by atoms with Crippen LogP contribution < -0.4 is 11.2 Å². The predicted octanol–water partition coefficient (Wildman–Crippen LogP) is 1.20. The number of aryl methyl sites for hydroxylation is 1. The van der Waals surface area contributed by atoms with Crippen molar-refractivity contribution >= 4 is 5.97 Å². The van der Waals surface area contributed by atoms with Gasteiger partial charge in [0.05, 0.1) is 18.7 Å². The minimum absolute atomic E-state index is 0.249. The molecule has 122 valence electrons. The third kappa shape index (κ3) is 3.41. The van der Waals surface area contributed by atoms with Gasteiger partial charge in [-0.15, -0.1) is 0 Å². The average Bonchev–Trinajstić information content (AvgIpc) is 2.53. The molecule has 1 heterocycles. The van der Waals surface area contributed by atoms with E-state index < -0.39 is 0 Å². The van der Waals surface area contributed by atoms with Gasteiger partial charge in [0.15, 0.2) is 0 Å². The molecule has 0 bridgehead atoms. The molecule has 0 spiro atoms. The van der Waals surface area contributed by atoms with Crippen molar-refractivity contribution in [3.63, 3.8) is 0 Å². The van der Waals surface area contributed by atoms with Crippen molar-refractivity contribution in [3.05, 3.63) is 62.4 Å². The molecule has 1 atom stereocenters. The first-order valence-electron chi connectivity index (χ1n) is 7.32. The van der Waals surface area contributed by atoms with Gasteiger partial charge < -0.3 is 9.30 Å². The number of methoxy groups -OCH3 is 1.